The summed E-state index contributed by atoms with van der Waals surface area (Å²) in [6.45, 7) is 3.72. The van der Waals surface area contributed by atoms with Crippen LogP contribution in [0.2, 0.25) is 0 Å². The van der Waals surface area contributed by atoms with Gasteiger partial charge in [0.25, 0.3) is 0 Å². The highest BCUT2D eigenvalue weighted by molar-refractivity contribution is 5.86. The quantitative estimate of drug-likeness (QED) is 0.672. The third-order valence-electron chi connectivity index (χ3n) is 5.78. The van der Waals surface area contributed by atoms with E-state index in [1.54, 1.807) is 0 Å². The van der Waals surface area contributed by atoms with E-state index in [4.69, 9.17) is 19.9 Å². The van der Waals surface area contributed by atoms with Crippen LogP contribution in [0.25, 0.3) is 0 Å². The fourth-order valence-electron chi connectivity index (χ4n) is 4.35. The van der Waals surface area contributed by atoms with Gasteiger partial charge in [0.05, 0.1) is 25.9 Å². The second-order valence-corrected chi connectivity index (χ2v) is 7.45. The third-order valence-corrected chi connectivity index (χ3v) is 5.78. The number of rotatable bonds is 6. The van der Waals surface area contributed by atoms with Crippen molar-refractivity contribution in [3.8, 4) is 0 Å². The average molecular weight is 369 g/mol. The fourth-order valence-corrected chi connectivity index (χ4v) is 4.35. The molecule has 2 atom stereocenters. The van der Waals surface area contributed by atoms with E-state index in [-0.39, 0.29) is 24.7 Å². The number of ether oxygens (including phenoxy) is 3. The Morgan fingerprint density at radius 2 is 1.85 bits per heavy atom. The highest BCUT2D eigenvalue weighted by Gasteiger charge is 2.46. The smallest absolute Gasteiger partial charge is 0.243 e. The highest BCUT2D eigenvalue weighted by Crippen LogP contribution is 2.35. The predicted molar refractivity (Wildman–Crippen MR) is 94.5 cm³/mol. The van der Waals surface area contributed by atoms with E-state index in [9.17, 15) is 9.59 Å². The van der Waals surface area contributed by atoms with Crippen molar-refractivity contribution in [1.29, 1.82) is 0 Å². The SMILES string of the molecule is NC(=O)CO[C@@H]1COCC[C@H]1NC(=O)C1(N2CCOCC2)CCCCC1. The van der Waals surface area contributed by atoms with Gasteiger partial charge < -0.3 is 25.3 Å². The summed E-state index contributed by atoms with van der Waals surface area (Å²) in [6.07, 6.45) is 5.42. The summed E-state index contributed by atoms with van der Waals surface area (Å²) in [5, 5.41) is 3.22. The van der Waals surface area contributed by atoms with Crippen molar-refractivity contribution < 1.29 is 23.8 Å². The van der Waals surface area contributed by atoms with Gasteiger partial charge in [0.15, 0.2) is 0 Å². The lowest BCUT2D eigenvalue weighted by Crippen LogP contribution is -2.65. The Labute approximate surface area is 154 Å². The lowest BCUT2D eigenvalue weighted by atomic mass is 9.78. The van der Waals surface area contributed by atoms with Gasteiger partial charge in [0, 0.05) is 19.7 Å². The summed E-state index contributed by atoms with van der Waals surface area (Å²) in [4.78, 5) is 26.7. The standard InChI is InChI=1S/C18H31N3O5/c19-16(22)13-26-15-12-25-9-4-14(15)20-17(23)18(5-2-1-3-6-18)21-7-10-24-11-8-21/h14-15H,1-13H2,(H2,19,22)(H,20,23)/t14-,15-/m1/s1. The van der Waals surface area contributed by atoms with Crippen LogP contribution in [0.4, 0.5) is 0 Å². The molecule has 0 radical (unpaired) electrons. The topological polar surface area (TPSA) is 103 Å². The molecule has 3 N–H and O–H groups in total. The molecular weight excluding hydrogens is 338 g/mol. The number of nitrogens with two attached hydrogens (primary N) is 1. The minimum Gasteiger partial charge on any atom is -0.379 e. The van der Waals surface area contributed by atoms with Crippen molar-refractivity contribution in [3.05, 3.63) is 0 Å². The van der Waals surface area contributed by atoms with Crippen LogP contribution in [0.3, 0.4) is 0 Å². The molecule has 1 aliphatic carbocycles. The molecule has 3 rings (SSSR count). The van der Waals surface area contributed by atoms with E-state index in [1.807, 2.05) is 0 Å². The number of nitrogens with zero attached hydrogens (tertiary/aromatic N) is 1. The molecule has 26 heavy (non-hydrogen) atoms. The summed E-state index contributed by atoms with van der Waals surface area (Å²) in [5.74, 6) is -0.434. The molecule has 2 saturated heterocycles. The first kappa shape index (κ1) is 19.5. The van der Waals surface area contributed by atoms with Crippen LogP contribution in [0, 0.1) is 0 Å². The zero-order chi connectivity index (χ0) is 18.4. The molecule has 3 aliphatic rings. The van der Waals surface area contributed by atoms with Gasteiger partial charge in [-0.2, -0.15) is 0 Å². The number of hydrogen-bond acceptors (Lipinski definition) is 6. The molecule has 0 aromatic heterocycles. The number of carbonyl (C=O) groups excluding carboxylic acids is 2. The van der Waals surface area contributed by atoms with E-state index < -0.39 is 11.4 Å². The molecule has 0 aromatic carbocycles. The number of nitrogens with one attached hydrogen (secondary N) is 1. The summed E-state index contributed by atoms with van der Waals surface area (Å²) in [6, 6.07) is -0.157. The summed E-state index contributed by atoms with van der Waals surface area (Å²) in [7, 11) is 0. The van der Waals surface area contributed by atoms with Crippen molar-refractivity contribution >= 4 is 11.8 Å². The molecule has 3 fully saturated rings. The highest BCUT2D eigenvalue weighted by atomic mass is 16.5. The Bertz CT molecular complexity index is 489. The summed E-state index contributed by atoms with van der Waals surface area (Å²) < 4.78 is 16.5. The minimum atomic E-state index is -0.516. The van der Waals surface area contributed by atoms with Crippen LogP contribution in [-0.4, -0.2) is 80.5 Å². The molecule has 0 spiro atoms. The third kappa shape index (κ3) is 4.54. The zero-order valence-corrected chi connectivity index (χ0v) is 15.4. The van der Waals surface area contributed by atoms with Gasteiger partial charge in [-0.05, 0) is 19.3 Å². The van der Waals surface area contributed by atoms with Gasteiger partial charge >= 0.3 is 0 Å². The Morgan fingerprint density at radius 3 is 2.54 bits per heavy atom. The van der Waals surface area contributed by atoms with Gasteiger partial charge in [-0.15, -0.1) is 0 Å². The lowest BCUT2D eigenvalue weighted by Gasteiger charge is -2.47. The maximum absolute atomic E-state index is 13.4. The van der Waals surface area contributed by atoms with Crippen molar-refractivity contribution in [2.45, 2.75) is 56.2 Å². The van der Waals surface area contributed by atoms with E-state index in [1.165, 1.54) is 6.42 Å². The minimum absolute atomic E-state index is 0.0821. The number of primary amides is 1. The molecular formula is C18H31N3O5. The number of morpholine rings is 1. The summed E-state index contributed by atoms with van der Waals surface area (Å²) >= 11 is 0. The van der Waals surface area contributed by atoms with Gasteiger partial charge in [0.1, 0.15) is 18.2 Å². The molecule has 8 heteroatoms. The van der Waals surface area contributed by atoms with Gasteiger partial charge in [-0.1, -0.05) is 19.3 Å². The molecule has 8 nitrogen and oxygen atoms in total. The van der Waals surface area contributed by atoms with E-state index in [0.717, 1.165) is 38.8 Å². The van der Waals surface area contributed by atoms with Crippen LogP contribution in [0.5, 0.6) is 0 Å². The Kier molecular flexibility index (Phi) is 6.86. The first-order valence-corrected chi connectivity index (χ1v) is 9.73. The lowest BCUT2D eigenvalue weighted by molar-refractivity contribution is -0.145. The first-order valence-electron chi connectivity index (χ1n) is 9.73. The Hall–Kier alpha value is -1.22. The molecule has 0 aromatic rings. The van der Waals surface area contributed by atoms with Gasteiger partial charge in [0.2, 0.25) is 11.8 Å². The van der Waals surface area contributed by atoms with Crippen molar-refractivity contribution in [1.82, 2.24) is 10.2 Å². The zero-order valence-electron chi connectivity index (χ0n) is 15.4. The second kappa shape index (κ2) is 9.12. The number of amides is 2. The molecule has 1 saturated carbocycles. The molecule has 2 aliphatic heterocycles. The van der Waals surface area contributed by atoms with Gasteiger partial charge in [-0.25, -0.2) is 0 Å². The number of carbonyl (C=O) groups is 2. The number of hydrogen-bond donors (Lipinski definition) is 2. The molecule has 2 amide bonds. The van der Waals surface area contributed by atoms with Crippen LogP contribution in [0.1, 0.15) is 38.5 Å². The van der Waals surface area contributed by atoms with Crippen LogP contribution >= 0.6 is 0 Å². The maximum atomic E-state index is 13.4. The molecule has 0 bridgehead atoms. The van der Waals surface area contributed by atoms with E-state index in [0.29, 0.717) is 32.8 Å². The fraction of sp³-hybridized carbons (Fsp3) is 0.889. The van der Waals surface area contributed by atoms with Crippen LogP contribution in [0.15, 0.2) is 0 Å². The average Bonchev–Trinajstić information content (AvgIpc) is 2.68. The maximum Gasteiger partial charge on any atom is 0.243 e. The second-order valence-electron chi connectivity index (χ2n) is 7.45. The molecule has 0 unspecified atom stereocenters. The largest absolute Gasteiger partial charge is 0.379 e. The monoisotopic (exact) mass is 369 g/mol. The van der Waals surface area contributed by atoms with Crippen LogP contribution in [-0.2, 0) is 23.8 Å². The normalized spacial score (nSPS) is 29.8. The van der Waals surface area contributed by atoms with Crippen molar-refractivity contribution in [2.24, 2.45) is 5.73 Å². The summed E-state index contributed by atoms with van der Waals surface area (Å²) in [5.41, 5.74) is 4.73. The molecule has 2 heterocycles. The van der Waals surface area contributed by atoms with E-state index in [2.05, 4.69) is 10.2 Å². The van der Waals surface area contributed by atoms with Crippen molar-refractivity contribution in [3.63, 3.8) is 0 Å². The molecule has 148 valence electrons. The predicted octanol–water partition coefficient (Wildman–Crippen LogP) is -0.203. The van der Waals surface area contributed by atoms with Crippen molar-refractivity contribution in [2.75, 3.05) is 46.1 Å². The van der Waals surface area contributed by atoms with E-state index >= 15 is 0 Å². The Morgan fingerprint density at radius 1 is 1.12 bits per heavy atom. The first-order chi connectivity index (χ1) is 12.6. The van der Waals surface area contributed by atoms with Crippen LogP contribution < -0.4 is 11.1 Å². The Balaban J connectivity index is 1.68. The van der Waals surface area contributed by atoms with Gasteiger partial charge in [-0.3, -0.25) is 14.5 Å².